The molecule has 0 radical (unpaired) electrons. The molecule has 1 amide bonds. The highest BCUT2D eigenvalue weighted by molar-refractivity contribution is 5.79. The Balaban J connectivity index is 1.67. The Morgan fingerprint density at radius 2 is 2.11 bits per heavy atom. The van der Waals surface area contributed by atoms with Gasteiger partial charge in [-0.2, -0.15) is 5.10 Å². The minimum Gasteiger partial charge on any atom is -0.442 e. The molecule has 1 N–H and O–H groups in total. The van der Waals surface area contributed by atoms with Gasteiger partial charge in [-0.1, -0.05) is 32.9 Å². The van der Waals surface area contributed by atoms with Crippen LogP contribution >= 0.6 is 0 Å². The fourth-order valence-corrected chi connectivity index (χ4v) is 3.48. The first-order valence-electron chi connectivity index (χ1n) is 9.70. The van der Waals surface area contributed by atoms with Crippen molar-refractivity contribution < 1.29 is 14.3 Å². The average Bonchev–Trinajstić information content (AvgIpc) is 3.28. The Hall–Kier alpha value is -2.08. The van der Waals surface area contributed by atoms with Gasteiger partial charge < -0.3 is 14.8 Å². The van der Waals surface area contributed by atoms with Crippen LogP contribution in [0.15, 0.2) is 24.4 Å². The number of ether oxygens (including phenoxy) is 2. The Morgan fingerprint density at radius 1 is 1.37 bits per heavy atom. The van der Waals surface area contributed by atoms with Crippen LogP contribution in [-0.4, -0.2) is 35.2 Å². The van der Waals surface area contributed by atoms with Crippen molar-refractivity contribution in [1.29, 1.82) is 0 Å². The summed E-state index contributed by atoms with van der Waals surface area (Å²) in [6.45, 7) is 9.85. The van der Waals surface area contributed by atoms with Gasteiger partial charge in [0.15, 0.2) is 0 Å². The maximum Gasteiger partial charge on any atom is 0.408 e. The second-order valence-corrected chi connectivity index (χ2v) is 8.53. The summed E-state index contributed by atoms with van der Waals surface area (Å²) < 4.78 is 12.9. The lowest BCUT2D eigenvalue weighted by atomic mass is 9.86. The standard InChI is InChI=1S/C21H31N3O3/c1-15(23-19(25)27-21(9-10-21)20(2,3)4)16-7-8-17-14-22-24(18(17)13-16)11-6-12-26-5/h7-8,13-15H,6,9-12H2,1-5H3,(H,23,25). The zero-order valence-corrected chi connectivity index (χ0v) is 17.0. The SMILES string of the molecule is COCCCn1ncc2ccc(C(C)NC(=O)OC3(C(C)(C)C)CC3)cc21. The summed E-state index contributed by atoms with van der Waals surface area (Å²) in [5.41, 5.74) is 1.74. The van der Waals surface area contributed by atoms with Gasteiger partial charge in [-0.25, -0.2) is 4.79 Å². The van der Waals surface area contributed by atoms with Crippen LogP contribution in [0.5, 0.6) is 0 Å². The number of methoxy groups -OCH3 is 1. The first-order chi connectivity index (χ1) is 12.8. The number of amides is 1. The predicted octanol–water partition coefficient (Wildman–Crippen LogP) is 4.44. The van der Waals surface area contributed by atoms with E-state index < -0.39 is 0 Å². The first-order valence-corrected chi connectivity index (χ1v) is 9.70. The van der Waals surface area contributed by atoms with E-state index in [0.29, 0.717) is 6.61 Å². The van der Waals surface area contributed by atoms with Gasteiger partial charge in [0.25, 0.3) is 0 Å². The van der Waals surface area contributed by atoms with E-state index in [4.69, 9.17) is 9.47 Å². The third-order valence-corrected chi connectivity index (χ3v) is 5.58. The van der Waals surface area contributed by atoms with Gasteiger partial charge in [-0.15, -0.1) is 0 Å². The molecule has 1 aromatic heterocycles. The number of hydrogen-bond donors (Lipinski definition) is 1. The highest BCUT2D eigenvalue weighted by atomic mass is 16.6. The first kappa shape index (κ1) is 19.7. The van der Waals surface area contributed by atoms with E-state index in [1.807, 2.05) is 29.9 Å². The number of hydrogen-bond acceptors (Lipinski definition) is 4. The fourth-order valence-electron chi connectivity index (χ4n) is 3.48. The average molecular weight is 373 g/mol. The quantitative estimate of drug-likeness (QED) is 0.729. The largest absolute Gasteiger partial charge is 0.442 e. The molecule has 1 atom stereocenters. The molecule has 6 nitrogen and oxygen atoms in total. The van der Waals surface area contributed by atoms with Crippen LogP contribution in [0.1, 0.15) is 58.6 Å². The molecular weight excluding hydrogens is 342 g/mol. The van der Waals surface area contributed by atoms with E-state index in [1.54, 1.807) is 7.11 Å². The van der Waals surface area contributed by atoms with Crippen LogP contribution in [0, 0.1) is 5.41 Å². The van der Waals surface area contributed by atoms with E-state index in [2.05, 4.69) is 37.3 Å². The van der Waals surface area contributed by atoms with Crippen LogP contribution in [0.4, 0.5) is 4.79 Å². The number of rotatable bonds is 7. The summed E-state index contributed by atoms with van der Waals surface area (Å²) >= 11 is 0. The van der Waals surface area contributed by atoms with Crippen molar-refractivity contribution in [3.63, 3.8) is 0 Å². The lowest BCUT2D eigenvalue weighted by Gasteiger charge is -2.31. The van der Waals surface area contributed by atoms with Crippen LogP contribution in [-0.2, 0) is 16.0 Å². The molecular formula is C21H31N3O3. The predicted molar refractivity (Wildman–Crippen MR) is 106 cm³/mol. The van der Waals surface area contributed by atoms with Crippen LogP contribution in [0.2, 0.25) is 0 Å². The monoisotopic (exact) mass is 373 g/mol. The van der Waals surface area contributed by atoms with Crippen LogP contribution in [0.3, 0.4) is 0 Å². The smallest absolute Gasteiger partial charge is 0.408 e. The minimum atomic E-state index is -0.344. The van der Waals surface area contributed by atoms with Crippen molar-refractivity contribution in [3.8, 4) is 0 Å². The molecule has 6 heteroatoms. The molecule has 0 saturated heterocycles. The molecule has 1 saturated carbocycles. The molecule has 1 unspecified atom stereocenters. The van der Waals surface area contributed by atoms with Crippen LogP contribution < -0.4 is 5.32 Å². The Morgan fingerprint density at radius 3 is 2.74 bits per heavy atom. The molecule has 3 rings (SSSR count). The fraction of sp³-hybridized carbons (Fsp3) is 0.619. The van der Waals surface area contributed by atoms with Gasteiger partial charge in [0.1, 0.15) is 5.60 Å². The van der Waals surface area contributed by atoms with Gasteiger partial charge in [0.05, 0.1) is 17.8 Å². The van der Waals surface area contributed by atoms with Crippen LogP contribution in [0.25, 0.3) is 10.9 Å². The number of aromatic nitrogens is 2. The third kappa shape index (κ3) is 4.26. The van der Waals surface area contributed by atoms with Crippen molar-refractivity contribution in [2.75, 3.05) is 13.7 Å². The van der Waals surface area contributed by atoms with E-state index >= 15 is 0 Å². The van der Waals surface area contributed by atoms with Crippen molar-refractivity contribution in [1.82, 2.24) is 15.1 Å². The lowest BCUT2D eigenvalue weighted by molar-refractivity contribution is 0.00961. The number of benzene rings is 1. The summed E-state index contributed by atoms with van der Waals surface area (Å²) in [7, 11) is 1.71. The Bertz CT molecular complexity index is 803. The molecule has 2 aromatic rings. The molecule has 1 aliphatic carbocycles. The van der Waals surface area contributed by atoms with Gasteiger partial charge in [0.2, 0.25) is 0 Å². The van der Waals surface area contributed by atoms with Gasteiger partial charge in [-0.3, -0.25) is 4.68 Å². The number of aryl methyl sites for hydroxylation is 1. The minimum absolute atomic E-state index is 0.0405. The summed E-state index contributed by atoms with van der Waals surface area (Å²) in [5.74, 6) is 0. The molecule has 1 aliphatic rings. The number of nitrogens with one attached hydrogen (secondary N) is 1. The third-order valence-electron chi connectivity index (χ3n) is 5.58. The molecule has 0 spiro atoms. The van der Waals surface area contributed by atoms with Crippen molar-refractivity contribution in [2.45, 2.75) is 65.1 Å². The van der Waals surface area contributed by atoms with Gasteiger partial charge >= 0.3 is 6.09 Å². The van der Waals surface area contributed by atoms with Gasteiger partial charge in [0, 0.05) is 31.1 Å². The molecule has 1 heterocycles. The summed E-state index contributed by atoms with van der Waals surface area (Å²) in [4.78, 5) is 12.4. The summed E-state index contributed by atoms with van der Waals surface area (Å²) in [6, 6.07) is 6.04. The van der Waals surface area contributed by atoms with Crippen molar-refractivity contribution in [2.24, 2.45) is 5.41 Å². The van der Waals surface area contributed by atoms with E-state index in [0.717, 1.165) is 42.3 Å². The number of alkyl carbamates (subject to hydrolysis) is 1. The lowest BCUT2D eigenvalue weighted by Crippen LogP contribution is -2.38. The van der Waals surface area contributed by atoms with Crippen molar-refractivity contribution in [3.05, 3.63) is 30.0 Å². The zero-order valence-electron chi connectivity index (χ0n) is 17.0. The number of fused-ring (bicyclic) bond motifs is 1. The van der Waals surface area contributed by atoms with E-state index in [9.17, 15) is 4.79 Å². The maximum atomic E-state index is 12.4. The number of carbonyl (C=O) groups excluding carboxylic acids is 1. The molecule has 0 bridgehead atoms. The topological polar surface area (TPSA) is 65.4 Å². The molecule has 1 aromatic carbocycles. The normalized spacial score (nSPS) is 16.9. The number of carbonyl (C=O) groups is 1. The molecule has 27 heavy (non-hydrogen) atoms. The molecule has 1 fully saturated rings. The second-order valence-electron chi connectivity index (χ2n) is 8.53. The second kappa shape index (κ2) is 7.50. The Labute approximate surface area is 161 Å². The van der Waals surface area contributed by atoms with E-state index in [-0.39, 0.29) is 23.2 Å². The van der Waals surface area contributed by atoms with Crippen molar-refractivity contribution >= 4 is 17.0 Å². The number of nitrogens with zero attached hydrogens (tertiary/aromatic N) is 2. The van der Waals surface area contributed by atoms with Gasteiger partial charge in [-0.05, 0) is 37.8 Å². The highest BCUT2D eigenvalue weighted by Gasteiger charge is 2.55. The van der Waals surface area contributed by atoms with E-state index in [1.165, 1.54) is 0 Å². The highest BCUT2D eigenvalue weighted by Crippen LogP contribution is 2.52. The molecule has 0 aliphatic heterocycles. The summed E-state index contributed by atoms with van der Waals surface area (Å²) in [5, 5.41) is 8.54. The zero-order chi connectivity index (χ0) is 19.7. The maximum absolute atomic E-state index is 12.4. The molecule has 148 valence electrons. The Kier molecular flexibility index (Phi) is 5.47. The summed E-state index contributed by atoms with van der Waals surface area (Å²) in [6.07, 6.45) is 4.31.